The summed E-state index contributed by atoms with van der Waals surface area (Å²) in [5.41, 5.74) is 0. The fourth-order valence-corrected chi connectivity index (χ4v) is 1.68. The third kappa shape index (κ3) is 0.423. The summed E-state index contributed by atoms with van der Waals surface area (Å²) in [5.74, 6) is 0. The van der Waals surface area contributed by atoms with Gasteiger partial charge in [0.1, 0.15) is 0 Å². The molecule has 1 fully saturated rings. The fraction of sp³-hybridized carbons (Fsp3) is 1.00. The molecule has 0 N–H and O–H groups in total. The average Bonchev–Trinajstić information content (AvgIpc) is 0.722. The van der Waals surface area contributed by atoms with Gasteiger partial charge in [0.15, 0.2) is 0 Å². The van der Waals surface area contributed by atoms with Crippen molar-refractivity contribution in [2.24, 2.45) is 0 Å². The van der Waals surface area contributed by atoms with E-state index in [9.17, 15) is 0 Å². The molecule has 0 spiro atoms. The molecule has 0 unspecified atom stereocenters. The molecular weight excluding hydrogens is 151 g/mol. The van der Waals surface area contributed by atoms with Gasteiger partial charge in [-0.25, -0.2) is 0 Å². The van der Waals surface area contributed by atoms with Crippen LogP contribution in [0.4, 0.5) is 0 Å². The Kier molecular flexibility index (Phi) is 1.03. The zero-order valence-corrected chi connectivity index (χ0v) is 6.86. The predicted octanol–water partition coefficient (Wildman–Crippen LogP) is 0.663. The summed E-state index contributed by atoms with van der Waals surface area (Å²) in [4.78, 5) is 0. The standard InChI is InChI=1S/C3H6.In.H/c1-3-2;;/h1-3H2;;. The monoisotopic (exact) mass is 158 g/mol. The topological polar surface area (TPSA) is 0 Å². The maximum atomic E-state index is 1.71. The second kappa shape index (κ2) is 1.34. The van der Waals surface area contributed by atoms with Gasteiger partial charge in [-0.15, -0.1) is 0 Å². The minimum absolute atomic E-state index is 0.147. The summed E-state index contributed by atoms with van der Waals surface area (Å²) < 4.78 is 3.42. The molecule has 1 aliphatic heterocycles. The first-order chi connectivity index (χ1) is 2.00. The Hall–Kier alpha value is 0.870. The molecule has 1 aliphatic rings. The Labute approximate surface area is 37.9 Å². The first kappa shape index (κ1) is 3.08. The van der Waals surface area contributed by atoms with Crippen LogP contribution in [0.25, 0.3) is 0 Å². The second-order valence-electron chi connectivity index (χ2n) is 1.41. The van der Waals surface area contributed by atoms with Crippen molar-refractivity contribution in [2.45, 2.75) is 14.8 Å². The van der Waals surface area contributed by atoms with E-state index in [2.05, 4.69) is 0 Å². The molecule has 0 saturated carbocycles. The van der Waals surface area contributed by atoms with Crippen LogP contribution in [-0.4, -0.2) is 22.9 Å². The Morgan fingerprint density at radius 1 is 1.25 bits per heavy atom. The van der Waals surface area contributed by atoms with Gasteiger partial charge in [-0.2, -0.15) is 0 Å². The SMILES string of the molecule is C1[CH2][InH][CH2]1. The van der Waals surface area contributed by atoms with Crippen molar-refractivity contribution in [1.29, 1.82) is 0 Å². The molecule has 0 aromatic carbocycles. The van der Waals surface area contributed by atoms with Crippen molar-refractivity contribution in [1.82, 2.24) is 0 Å². The van der Waals surface area contributed by atoms with Crippen LogP contribution < -0.4 is 0 Å². The van der Waals surface area contributed by atoms with E-state index in [0.717, 1.165) is 0 Å². The van der Waals surface area contributed by atoms with Crippen molar-refractivity contribution < 1.29 is 0 Å². The van der Waals surface area contributed by atoms with E-state index in [1.165, 1.54) is 0 Å². The van der Waals surface area contributed by atoms with Gasteiger partial charge in [0.25, 0.3) is 0 Å². The van der Waals surface area contributed by atoms with Gasteiger partial charge in [-0.1, -0.05) is 0 Å². The van der Waals surface area contributed by atoms with E-state index in [-0.39, 0.29) is 22.9 Å². The Balaban J connectivity index is 2.00. The van der Waals surface area contributed by atoms with E-state index in [4.69, 9.17) is 0 Å². The zero-order valence-electron chi connectivity index (χ0n) is 2.83. The van der Waals surface area contributed by atoms with E-state index >= 15 is 0 Å². The first-order valence-electron chi connectivity index (χ1n) is 2.00. The summed E-state index contributed by atoms with van der Waals surface area (Å²) >= 11 is 0.147. The third-order valence-corrected chi connectivity index (χ3v) is 6.71. The maximum absolute atomic E-state index is 1.71. The van der Waals surface area contributed by atoms with E-state index < -0.39 is 0 Å². The number of hydrogen-bond donors (Lipinski definition) is 0. The van der Waals surface area contributed by atoms with E-state index in [1.54, 1.807) is 14.8 Å². The van der Waals surface area contributed by atoms with Gasteiger partial charge in [0.05, 0.1) is 0 Å². The quantitative estimate of drug-likeness (QED) is 0.485. The van der Waals surface area contributed by atoms with Crippen molar-refractivity contribution in [3.63, 3.8) is 0 Å². The first-order valence-corrected chi connectivity index (χ1v) is 7.71. The van der Waals surface area contributed by atoms with Crippen molar-refractivity contribution in [3.8, 4) is 0 Å². The molecule has 0 atom stereocenters. The molecule has 0 aromatic rings. The van der Waals surface area contributed by atoms with Crippen LogP contribution in [0.15, 0.2) is 0 Å². The molecule has 1 saturated heterocycles. The van der Waals surface area contributed by atoms with Crippen LogP contribution in [0.5, 0.6) is 0 Å². The van der Waals surface area contributed by atoms with Crippen LogP contribution in [-0.2, 0) is 0 Å². The molecular formula is C3H7In. The molecule has 1 heterocycles. The zero-order chi connectivity index (χ0) is 2.83. The molecule has 0 amide bonds. The van der Waals surface area contributed by atoms with Crippen LogP contribution in [0.1, 0.15) is 6.42 Å². The van der Waals surface area contributed by atoms with E-state index in [0.29, 0.717) is 0 Å². The van der Waals surface area contributed by atoms with Crippen molar-refractivity contribution in [2.75, 3.05) is 0 Å². The van der Waals surface area contributed by atoms with Gasteiger partial charge < -0.3 is 0 Å². The summed E-state index contributed by atoms with van der Waals surface area (Å²) in [6.07, 6.45) is 1.59. The molecule has 0 aromatic heterocycles. The molecule has 4 heavy (non-hydrogen) atoms. The number of hydrogen-bond acceptors (Lipinski definition) is 0. The van der Waals surface area contributed by atoms with Gasteiger partial charge in [-0.05, 0) is 0 Å². The van der Waals surface area contributed by atoms with Gasteiger partial charge >= 0.3 is 37.7 Å². The summed E-state index contributed by atoms with van der Waals surface area (Å²) in [5, 5.41) is 0. The average molecular weight is 158 g/mol. The molecule has 0 nitrogen and oxygen atoms in total. The van der Waals surface area contributed by atoms with Gasteiger partial charge in [-0.3, -0.25) is 0 Å². The van der Waals surface area contributed by atoms with Gasteiger partial charge in [0.2, 0.25) is 0 Å². The van der Waals surface area contributed by atoms with Crippen molar-refractivity contribution >= 4 is 22.9 Å². The van der Waals surface area contributed by atoms with Crippen LogP contribution in [0.2, 0.25) is 8.35 Å². The fourth-order valence-electron chi connectivity index (χ4n) is 0.250. The van der Waals surface area contributed by atoms with Crippen LogP contribution >= 0.6 is 0 Å². The molecule has 0 bridgehead atoms. The predicted molar refractivity (Wildman–Crippen MR) is 21.4 cm³/mol. The van der Waals surface area contributed by atoms with Crippen LogP contribution in [0.3, 0.4) is 0 Å². The Bertz CT molecular complexity index is 11.2. The van der Waals surface area contributed by atoms with Gasteiger partial charge in [0, 0.05) is 0 Å². The van der Waals surface area contributed by atoms with Crippen molar-refractivity contribution in [3.05, 3.63) is 0 Å². The van der Waals surface area contributed by atoms with Crippen LogP contribution in [0, 0.1) is 0 Å². The normalized spacial score (nSPS) is 22.0. The Morgan fingerprint density at radius 2 is 1.50 bits per heavy atom. The molecule has 0 radical (unpaired) electrons. The summed E-state index contributed by atoms with van der Waals surface area (Å²) in [7, 11) is 0. The third-order valence-electron chi connectivity index (χ3n) is 1.000. The second-order valence-corrected chi connectivity index (χ2v) is 7.47. The molecule has 1 heteroatoms. The molecule has 0 aliphatic carbocycles. The molecule has 1 rings (SSSR count). The molecule has 22 valence electrons. The van der Waals surface area contributed by atoms with E-state index in [1.807, 2.05) is 0 Å². The number of rotatable bonds is 0. The summed E-state index contributed by atoms with van der Waals surface area (Å²) in [6.45, 7) is 0. The summed E-state index contributed by atoms with van der Waals surface area (Å²) in [6, 6.07) is 0. The Morgan fingerprint density at radius 3 is 1.50 bits per heavy atom. The minimum atomic E-state index is 0.147.